The number of aliphatic carboxylic acids is 1. The third-order valence-electron chi connectivity index (χ3n) is 2.50. The standard InChI is InChI=1S/C13H15ClN2O4S/c14-8-1-3-9(4-2-8)21-7-12(18)16-10(13(19)20)5-6-11(15)17/h1-4,10H,5-7H2,(H2,15,17)(H,16,18)(H,19,20)/t10-/m0/s1. The van der Waals surface area contributed by atoms with Crippen LogP contribution in [-0.4, -0.2) is 34.7 Å². The third-order valence-corrected chi connectivity index (χ3v) is 3.76. The number of thioether (sulfide) groups is 1. The topological polar surface area (TPSA) is 109 Å². The van der Waals surface area contributed by atoms with Crippen LogP contribution in [0.1, 0.15) is 12.8 Å². The molecule has 21 heavy (non-hydrogen) atoms. The number of carboxylic acids is 1. The summed E-state index contributed by atoms with van der Waals surface area (Å²) >= 11 is 7.01. The summed E-state index contributed by atoms with van der Waals surface area (Å²) < 4.78 is 0. The summed E-state index contributed by atoms with van der Waals surface area (Å²) in [7, 11) is 0. The second-order valence-corrected chi connectivity index (χ2v) is 5.69. The van der Waals surface area contributed by atoms with Crippen molar-refractivity contribution in [1.29, 1.82) is 0 Å². The van der Waals surface area contributed by atoms with Gasteiger partial charge in [-0.3, -0.25) is 9.59 Å². The van der Waals surface area contributed by atoms with E-state index in [0.717, 1.165) is 4.90 Å². The largest absolute Gasteiger partial charge is 0.480 e. The molecule has 0 heterocycles. The lowest BCUT2D eigenvalue weighted by molar-refractivity contribution is -0.141. The Kier molecular flexibility index (Phi) is 7.04. The number of nitrogens with two attached hydrogens (primary N) is 1. The van der Waals surface area contributed by atoms with Crippen LogP contribution >= 0.6 is 23.4 Å². The highest BCUT2D eigenvalue weighted by molar-refractivity contribution is 8.00. The molecular weight excluding hydrogens is 316 g/mol. The number of carboxylic acid groups (broad SMARTS) is 1. The number of carbonyl (C=O) groups is 3. The second kappa shape index (κ2) is 8.53. The molecule has 6 nitrogen and oxygen atoms in total. The maximum absolute atomic E-state index is 11.7. The molecule has 0 saturated heterocycles. The van der Waals surface area contributed by atoms with Gasteiger partial charge in [-0.15, -0.1) is 11.8 Å². The molecule has 0 aliphatic rings. The van der Waals surface area contributed by atoms with E-state index in [-0.39, 0.29) is 18.6 Å². The molecule has 2 amide bonds. The number of rotatable bonds is 8. The van der Waals surface area contributed by atoms with Gasteiger partial charge >= 0.3 is 5.97 Å². The Labute approximate surface area is 131 Å². The van der Waals surface area contributed by atoms with Crippen LogP contribution in [0, 0.1) is 0 Å². The minimum Gasteiger partial charge on any atom is -0.480 e. The van der Waals surface area contributed by atoms with Gasteiger partial charge in [0.2, 0.25) is 11.8 Å². The van der Waals surface area contributed by atoms with Crippen molar-refractivity contribution >= 4 is 41.1 Å². The first kappa shape index (κ1) is 17.3. The van der Waals surface area contributed by atoms with E-state index in [1.807, 2.05) is 0 Å². The van der Waals surface area contributed by atoms with Crippen molar-refractivity contribution in [3.63, 3.8) is 0 Å². The maximum atomic E-state index is 11.7. The van der Waals surface area contributed by atoms with Crippen LogP contribution in [0.3, 0.4) is 0 Å². The second-order valence-electron chi connectivity index (χ2n) is 4.21. The zero-order chi connectivity index (χ0) is 15.8. The predicted molar refractivity (Wildman–Crippen MR) is 80.2 cm³/mol. The summed E-state index contributed by atoms with van der Waals surface area (Å²) in [5, 5.41) is 11.9. The fourth-order valence-electron chi connectivity index (χ4n) is 1.46. The highest BCUT2D eigenvalue weighted by Gasteiger charge is 2.20. The average molecular weight is 331 g/mol. The lowest BCUT2D eigenvalue weighted by Gasteiger charge is -2.13. The smallest absolute Gasteiger partial charge is 0.326 e. The first-order valence-electron chi connectivity index (χ1n) is 6.07. The summed E-state index contributed by atoms with van der Waals surface area (Å²) in [6.45, 7) is 0. The van der Waals surface area contributed by atoms with Gasteiger partial charge in [0.05, 0.1) is 5.75 Å². The molecule has 0 spiro atoms. The molecule has 0 fully saturated rings. The first-order chi connectivity index (χ1) is 9.88. The molecule has 0 bridgehead atoms. The molecule has 0 aliphatic carbocycles. The monoisotopic (exact) mass is 330 g/mol. The van der Waals surface area contributed by atoms with Crippen LogP contribution < -0.4 is 11.1 Å². The quantitative estimate of drug-likeness (QED) is 0.622. The van der Waals surface area contributed by atoms with E-state index in [4.69, 9.17) is 22.4 Å². The Morgan fingerprint density at radius 3 is 2.43 bits per heavy atom. The average Bonchev–Trinajstić information content (AvgIpc) is 2.42. The fourth-order valence-corrected chi connectivity index (χ4v) is 2.30. The zero-order valence-electron chi connectivity index (χ0n) is 11.0. The van der Waals surface area contributed by atoms with E-state index in [1.165, 1.54) is 11.8 Å². The van der Waals surface area contributed by atoms with Gasteiger partial charge in [-0.05, 0) is 30.7 Å². The van der Waals surface area contributed by atoms with Gasteiger partial charge in [0.15, 0.2) is 0 Å². The minimum atomic E-state index is -1.19. The van der Waals surface area contributed by atoms with Crippen molar-refractivity contribution in [3.05, 3.63) is 29.3 Å². The van der Waals surface area contributed by atoms with Gasteiger partial charge in [0, 0.05) is 16.3 Å². The Hall–Kier alpha value is -1.73. The van der Waals surface area contributed by atoms with Gasteiger partial charge in [0.1, 0.15) is 6.04 Å². The normalized spacial score (nSPS) is 11.7. The fraction of sp³-hybridized carbons (Fsp3) is 0.308. The molecular formula is C13H15ClN2O4S. The van der Waals surface area contributed by atoms with Gasteiger partial charge in [0.25, 0.3) is 0 Å². The van der Waals surface area contributed by atoms with E-state index in [2.05, 4.69) is 5.32 Å². The van der Waals surface area contributed by atoms with E-state index >= 15 is 0 Å². The third kappa shape index (κ3) is 7.01. The van der Waals surface area contributed by atoms with Crippen LogP contribution in [0.4, 0.5) is 0 Å². The molecule has 0 aromatic heterocycles. The van der Waals surface area contributed by atoms with Gasteiger partial charge in [-0.2, -0.15) is 0 Å². The molecule has 1 aromatic carbocycles. The van der Waals surface area contributed by atoms with Crippen LogP contribution in [0.15, 0.2) is 29.2 Å². The highest BCUT2D eigenvalue weighted by atomic mass is 35.5. The lowest BCUT2D eigenvalue weighted by atomic mass is 10.1. The zero-order valence-corrected chi connectivity index (χ0v) is 12.6. The molecule has 1 aromatic rings. The number of hydrogen-bond acceptors (Lipinski definition) is 4. The van der Waals surface area contributed by atoms with Crippen molar-refractivity contribution in [1.82, 2.24) is 5.32 Å². The maximum Gasteiger partial charge on any atom is 0.326 e. The van der Waals surface area contributed by atoms with Crippen molar-refractivity contribution in [2.45, 2.75) is 23.8 Å². The van der Waals surface area contributed by atoms with E-state index in [0.29, 0.717) is 5.02 Å². The SMILES string of the molecule is NC(=O)CC[C@H](NC(=O)CSc1ccc(Cl)cc1)C(=O)O. The van der Waals surface area contributed by atoms with Gasteiger partial charge in [-0.25, -0.2) is 4.79 Å². The van der Waals surface area contributed by atoms with Crippen molar-refractivity contribution in [2.24, 2.45) is 5.73 Å². The number of nitrogens with one attached hydrogen (secondary N) is 1. The summed E-state index contributed by atoms with van der Waals surface area (Å²) in [5.74, 6) is -2.15. The van der Waals surface area contributed by atoms with Crippen molar-refractivity contribution in [2.75, 3.05) is 5.75 Å². The van der Waals surface area contributed by atoms with Crippen molar-refractivity contribution < 1.29 is 19.5 Å². The van der Waals surface area contributed by atoms with E-state index in [9.17, 15) is 14.4 Å². The first-order valence-corrected chi connectivity index (χ1v) is 7.43. The van der Waals surface area contributed by atoms with Crippen LogP contribution in [0.25, 0.3) is 0 Å². The number of hydrogen-bond donors (Lipinski definition) is 3. The Balaban J connectivity index is 2.44. The van der Waals surface area contributed by atoms with E-state index in [1.54, 1.807) is 24.3 Å². The number of amides is 2. The molecule has 1 rings (SSSR count). The lowest BCUT2D eigenvalue weighted by Crippen LogP contribution is -2.42. The number of primary amides is 1. The summed E-state index contributed by atoms with van der Waals surface area (Å²) in [6.07, 6.45) is -0.121. The summed E-state index contributed by atoms with van der Waals surface area (Å²) in [4.78, 5) is 34.2. The summed E-state index contributed by atoms with van der Waals surface area (Å²) in [6, 6.07) is 5.82. The molecule has 114 valence electrons. The van der Waals surface area contributed by atoms with Crippen LogP contribution in [0.5, 0.6) is 0 Å². The molecule has 0 saturated carbocycles. The molecule has 8 heteroatoms. The molecule has 1 atom stereocenters. The number of carbonyl (C=O) groups excluding carboxylic acids is 2. The molecule has 0 unspecified atom stereocenters. The number of benzene rings is 1. The van der Waals surface area contributed by atoms with E-state index < -0.39 is 23.8 Å². The Morgan fingerprint density at radius 2 is 1.90 bits per heavy atom. The minimum absolute atomic E-state index is 0.0258. The predicted octanol–water partition coefficient (Wildman–Crippen LogP) is 1.27. The Morgan fingerprint density at radius 1 is 1.29 bits per heavy atom. The highest BCUT2D eigenvalue weighted by Crippen LogP contribution is 2.20. The molecule has 0 aliphatic heterocycles. The van der Waals surface area contributed by atoms with Crippen LogP contribution in [-0.2, 0) is 14.4 Å². The number of halogens is 1. The Bertz CT molecular complexity index is 521. The molecule has 0 radical (unpaired) electrons. The van der Waals surface area contributed by atoms with Crippen molar-refractivity contribution in [3.8, 4) is 0 Å². The van der Waals surface area contributed by atoms with Gasteiger partial charge < -0.3 is 16.2 Å². The summed E-state index contributed by atoms with van der Waals surface area (Å²) in [5.41, 5.74) is 4.96. The molecule has 4 N–H and O–H groups in total. The van der Waals surface area contributed by atoms with Gasteiger partial charge in [-0.1, -0.05) is 11.6 Å². The van der Waals surface area contributed by atoms with Crippen LogP contribution in [0.2, 0.25) is 5.02 Å².